The van der Waals surface area contributed by atoms with E-state index in [0.29, 0.717) is 18.4 Å². The fourth-order valence-electron chi connectivity index (χ4n) is 1.85. The quantitative estimate of drug-likeness (QED) is 0.794. The monoisotopic (exact) mass is 255 g/mol. The fraction of sp³-hybridized carbons (Fsp3) is 0.667. The summed E-state index contributed by atoms with van der Waals surface area (Å²) >= 11 is 5.99. The van der Waals surface area contributed by atoms with E-state index >= 15 is 0 Å². The van der Waals surface area contributed by atoms with Crippen LogP contribution in [0.15, 0.2) is 12.4 Å². The van der Waals surface area contributed by atoms with E-state index in [1.165, 1.54) is 6.42 Å². The Balaban J connectivity index is 2.00. The van der Waals surface area contributed by atoms with Crippen LogP contribution >= 0.6 is 11.6 Å². The number of aromatic nitrogens is 2. The Hall–Kier alpha value is -1.03. The Labute approximate surface area is 107 Å². The molecule has 0 unspecified atom stereocenters. The molecule has 0 aromatic carbocycles. The number of hydrogen-bond donors (Lipinski definition) is 1. The molecule has 2 rings (SSSR count). The zero-order chi connectivity index (χ0) is 12.1. The molecule has 1 heterocycles. The molecule has 0 bridgehead atoms. The molecule has 1 aliphatic carbocycles. The molecule has 0 radical (unpaired) electrons. The molecule has 1 aliphatic rings. The van der Waals surface area contributed by atoms with Crippen LogP contribution in [0.1, 0.15) is 32.6 Å². The molecule has 5 heteroatoms. The lowest BCUT2D eigenvalue weighted by Crippen LogP contribution is -2.47. The molecule has 0 aliphatic heterocycles. The number of ether oxygens (including phenoxy) is 1. The number of alkyl halides is 1. The maximum absolute atomic E-state index is 5.99. The van der Waals surface area contributed by atoms with Crippen molar-refractivity contribution < 1.29 is 4.74 Å². The summed E-state index contributed by atoms with van der Waals surface area (Å²) < 4.78 is 5.45. The standard InChI is InChI=1S/C12H18ClN3O/c1-2-6-17-11-8-14-7-10(15-11)16-12(9-13)4-3-5-12/h7-8H,2-6,9H2,1H3,(H,15,16). The second-order valence-electron chi connectivity index (χ2n) is 4.48. The van der Waals surface area contributed by atoms with Gasteiger partial charge in [-0.2, -0.15) is 4.98 Å². The van der Waals surface area contributed by atoms with Gasteiger partial charge in [0.05, 0.1) is 24.5 Å². The van der Waals surface area contributed by atoms with Crippen LogP contribution in [0.5, 0.6) is 5.88 Å². The highest BCUT2D eigenvalue weighted by atomic mass is 35.5. The second-order valence-corrected chi connectivity index (χ2v) is 4.75. The lowest BCUT2D eigenvalue weighted by Gasteiger charge is -2.41. The lowest BCUT2D eigenvalue weighted by atomic mass is 9.78. The van der Waals surface area contributed by atoms with Crippen molar-refractivity contribution in [3.05, 3.63) is 12.4 Å². The molecule has 1 saturated carbocycles. The van der Waals surface area contributed by atoms with Crippen molar-refractivity contribution in [2.75, 3.05) is 17.8 Å². The maximum Gasteiger partial charge on any atom is 0.234 e. The molecule has 0 spiro atoms. The maximum atomic E-state index is 5.99. The first-order valence-electron chi connectivity index (χ1n) is 6.07. The highest BCUT2D eigenvalue weighted by Gasteiger charge is 2.36. The van der Waals surface area contributed by atoms with E-state index < -0.39 is 0 Å². The predicted molar refractivity (Wildman–Crippen MR) is 68.7 cm³/mol. The summed E-state index contributed by atoms with van der Waals surface area (Å²) in [5, 5.41) is 3.37. The van der Waals surface area contributed by atoms with Crippen molar-refractivity contribution in [1.82, 2.24) is 9.97 Å². The number of nitrogens with zero attached hydrogens (tertiary/aromatic N) is 2. The minimum atomic E-state index is 0.0135. The summed E-state index contributed by atoms with van der Waals surface area (Å²) in [6.45, 7) is 2.73. The molecule has 4 nitrogen and oxygen atoms in total. The van der Waals surface area contributed by atoms with Crippen molar-refractivity contribution >= 4 is 17.4 Å². The van der Waals surface area contributed by atoms with Crippen LogP contribution in [-0.4, -0.2) is 28.0 Å². The molecule has 1 aromatic heterocycles. The van der Waals surface area contributed by atoms with Gasteiger partial charge in [-0.05, 0) is 25.7 Å². The van der Waals surface area contributed by atoms with Gasteiger partial charge in [0.1, 0.15) is 5.82 Å². The van der Waals surface area contributed by atoms with Crippen LogP contribution in [0, 0.1) is 0 Å². The number of hydrogen-bond acceptors (Lipinski definition) is 4. The van der Waals surface area contributed by atoms with Gasteiger partial charge in [0.25, 0.3) is 0 Å². The van der Waals surface area contributed by atoms with E-state index in [1.54, 1.807) is 12.4 Å². The third-order valence-electron chi connectivity index (χ3n) is 3.03. The highest BCUT2D eigenvalue weighted by Crippen LogP contribution is 2.35. The van der Waals surface area contributed by atoms with E-state index in [1.807, 2.05) is 0 Å². The van der Waals surface area contributed by atoms with Crippen molar-refractivity contribution in [3.63, 3.8) is 0 Å². The molecule has 94 valence electrons. The SMILES string of the molecule is CCCOc1cncc(NC2(CCl)CCC2)n1. The van der Waals surface area contributed by atoms with Crippen molar-refractivity contribution in [3.8, 4) is 5.88 Å². The summed E-state index contributed by atoms with van der Waals surface area (Å²) in [6.07, 6.45) is 7.72. The normalized spacial score (nSPS) is 17.3. The van der Waals surface area contributed by atoms with Crippen LogP contribution < -0.4 is 10.1 Å². The summed E-state index contributed by atoms with van der Waals surface area (Å²) in [5.41, 5.74) is 0.0135. The van der Waals surface area contributed by atoms with Gasteiger partial charge in [-0.1, -0.05) is 6.92 Å². The van der Waals surface area contributed by atoms with Crippen molar-refractivity contribution in [2.45, 2.75) is 38.1 Å². The Morgan fingerprint density at radius 1 is 1.47 bits per heavy atom. The van der Waals surface area contributed by atoms with Gasteiger partial charge in [0.2, 0.25) is 5.88 Å². The van der Waals surface area contributed by atoms with E-state index in [2.05, 4.69) is 22.2 Å². The minimum absolute atomic E-state index is 0.0135. The average molecular weight is 256 g/mol. The van der Waals surface area contributed by atoms with E-state index in [-0.39, 0.29) is 5.54 Å². The fourth-order valence-corrected chi connectivity index (χ4v) is 2.19. The molecule has 1 aromatic rings. The van der Waals surface area contributed by atoms with Crippen LogP contribution in [0.2, 0.25) is 0 Å². The van der Waals surface area contributed by atoms with Gasteiger partial charge in [-0.3, -0.25) is 4.98 Å². The van der Waals surface area contributed by atoms with Crippen molar-refractivity contribution in [2.24, 2.45) is 0 Å². The summed E-state index contributed by atoms with van der Waals surface area (Å²) in [7, 11) is 0. The lowest BCUT2D eigenvalue weighted by molar-refractivity contribution is 0.299. The van der Waals surface area contributed by atoms with Crippen LogP contribution in [-0.2, 0) is 0 Å². The Morgan fingerprint density at radius 2 is 2.29 bits per heavy atom. The van der Waals surface area contributed by atoms with Gasteiger partial charge in [-0.25, -0.2) is 0 Å². The van der Waals surface area contributed by atoms with Gasteiger partial charge < -0.3 is 10.1 Å². The average Bonchev–Trinajstić information content (AvgIpc) is 2.32. The predicted octanol–water partition coefficient (Wildman–Crippen LogP) is 2.84. The number of anilines is 1. The van der Waals surface area contributed by atoms with E-state index in [0.717, 1.165) is 25.1 Å². The third-order valence-corrected chi connectivity index (χ3v) is 3.54. The molecule has 0 atom stereocenters. The first-order chi connectivity index (χ1) is 8.28. The number of rotatable bonds is 6. The molecular weight excluding hydrogens is 238 g/mol. The zero-order valence-corrected chi connectivity index (χ0v) is 10.8. The van der Waals surface area contributed by atoms with E-state index in [9.17, 15) is 0 Å². The Bertz CT molecular complexity index is 363. The smallest absolute Gasteiger partial charge is 0.234 e. The molecule has 0 amide bonds. The molecule has 17 heavy (non-hydrogen) atoms. The van der Waals surface area contributed by atoms with Gasteiger partial charge in [-0.15, -0.1) is 11.6 Å². The summed E-state index contributed by atoms with van der Waals surface area (Å²) in [4.78, 5) is 8.49. The Kier molecular flexibility index (Phi) is 4.05. The first-order valence-corrected chi connectivity index (χ1v) is 6.60. The first kappa shape index (κ1) is 12.4. The third kappa shape index (κ3) is 3.00. The number of halogens is 1. The molecule has 0 saturated heterocycles. The molecule has 1 fully saturated rings. The molecular formula is C12H18ClN3O. The van der Waals surface area contributed by atoms with Crippen LogP contribution in [0.25, 0.3) is 0 Å². The highest BCUT2D eigenvalue weighted by molar-refractivity contribution is 6.19. The van der Waals surface area contributed by atoms with E-state index in [4.69, 9.17) is 16.3 Å². The summed E-state index contributed by atoms with van der Waals surface area (Å²) in [6, 6.07) is 0. The van der Waals surface area contributed by atoms with Gasteiger partial charge in [0, 0.05) is 5.88 Å². The largest absolute Gasteiger partial charge is 0.477 e. The topological polar surface area (TPSA) is 47.0 Å². The minimum Gasteiger partial charge on any atom is -0.477 e. The Morgan fingerprint density at radius 3 is 2.88 bits per heavy atom. The number of nitrogens with one attached hydrogen (secondary N) is 1. The van der Waals surface area contributed by atoms with Gasteiger partial charge in [0.15, 0.2) is 0 Å². The van der Waals surface area contributed by atoms with Crippen molar-refractivity contribution in [1.29, 1.82) is 0 Å². The second kappa shape index (κ2) is 5.54. The summed E-state index contributed by atoms with van der Waals surface area (Å²) in [5.74, 6) is 1.93. The van der Waals surface area contributed by atoms with Gasteiger partial charge >= 0.3 is 0 Å². The molecule has 1 N–H and O–H groups in total. The van der Waals surface area contributed by atoms with Crippen LogP contribution in [0.3, 0.4) is 0 Å². The zero-order valence-electron chi connectivity index (χ0n) is 10.1. The van der Waals surface area contributed by atoms with Crippen LogP contribution in [0.4, 0.5) is 5.82 Å².